The minimum absolute atomic E-state index is 0.116. The van der Waals surface area contributed by atoms with Crippen molar-refractivity contribution in [3.05, 3.63) is 48.0 Å². The largest absolute Gasteiger partial charge is 0.476 e. The van der Waals surface area contributed by atoms with E-state index in [4.69, 9.17) is 4.74 Å². The zero-order chi connectivity index (χ0) is 21.3. The molecule has 0 bridgehead atoms. The number of amides is 2. The third kappa shape index (κ3) is 4.13. The summed E-state index contributed by atoms with van der Waals surface area (Å²) in [4.78, 5) is 29.5. The summed E-state index contributed by atoms with van der Waals surface area (Å²) in [6, 6.07) is 13.7. The standard InChI is InChI=1S/C24H29N3O3/c1-17-6-11-21-20(16-17)27(23(29)24(2,3)30-21)15-12-22(28)25-18-7-9-19(10-8-18)26-13-4-5-14-26/h6-11,16H,4-5,12-15H2,1-3H3,(H,25,28). The number of carbonyl (C=O) groups is 2. The monoisotopic (exact) mass is 407 g/mol. The van der Waals surface area contributed by atoms with Gasteiger partial charge in [-0.1, -0.05) is 6.07 Å². The van der Waals surface area contributed by atoms with Gasteiger partial charge in [-0.3, -0.25) is 9.59 Å². The highest BCUT2D eigenvalue weighted by atomic mass is 16.5. The van der Waals surface area contributed by atoms with Gasteiger partial charge < -0.3 is 19.9 Å². The number of nitrogens with one attached hydrogen (secondary N) is 1. The van der Waals surface area contributed by atoms with Gasteiger partial charge in [0.15, 0.2) is 5.60 Å². The fraction of sp³-hybridized carbons (Fsp3) is 0.417. The summed E-state index contributed by atoms with van der Waals surface area (Å²) in [7, 11) is 0. The molecule has 158 valence electrons. The maximum Gasteiger partial charge on any atom is 0.270 e. The van der Waals surface area contributed by atoms with Crippen molar-refractivity contribution < 1.29 is 14.3 Å². The fourth-order valence-corrected chi connectivity index (χ4v) is 4.07. The summed E-state index contributed by atoms with van der Waals surface area (Å²) in [6.07, 6.45) is 2.68. The molecule has 0 saturated carbocycles. The van der Waals surface area contributed by atoms with Gasteiger partial charge in [0.2, 0.25) is 5.91 Å². The van der Waals surface area contributed by atoms with Crippen LogP contribution < -0.4 is 19.9 Å². The minimum Gasteiger partial charge on any atom is -0.476 e. The number of carbonyl (C=O) groups excluding carboxylic acids is 2. The number of aryl methyl sites for hydroxylation is 1. The molecular formula is C24H29N3O3. The van der Waals surface area contributed by atoms with E-state index < -0.39 is 5.60 Å². The predicted molar refractivity (Wildman–Crippen MR) is 119 cm³/mol. The Kier molecular flexibility index (Phi) is 5.41. The molecule has 0 aromatic heterocycles. The van der Waals surface area contributed by atoms with Crippen LogP contribution in [-0.4, -0.2) is 37.0 Å². The molecule has 30 heavy (non-hydrogen) atoms. The third-order valence-corrected chi connectivity index (χ3v) is 5.72. The first-order chi connectivity index (χ1) is 14.3. The Bertz CT molecular complexity index is 947. The number of nitrogens with zero attached hydrogens (tertiary/aromatic N) is 2. The van der Waals surface area contributed by atoms with Crippen molar-refractivity contribution in [2.45, 2.75) is 45.6 Å². The van der Waals surface area contributed by atoms with Crippen LogP contribution in [-0.2, 0) is 9.59 Å². The van der Waals surface area contributed by atoms with Crippen molar-refractivity contribution in [2.75, 3.05) is 34.8 Å². The predicted octanol–water partition coefficient (Wildman–Crippen LogP) is 4.13. The maximum atomic E-state index is 12.9. The van der Waals surface area contributed by atoms with Crippen LogP contribution in [0.15, 0.2) is 42.5 Å². The van der Waals surface area contributed by atoms with Crippen LogP contribution in [0.2, 0.25) is 0 Å². The van der Waals surface area contributed by atoms with Crippen molar-refractivity contribution in [3.63, 3.8) is 0 Å². The number of fused-ring (bicyclic) bond motifs is 1. The van der Waals surface area contributed by atoms with E-state index in [-0.39, 0.29) is 18.2 Å². The molecule has 6 nitrogen and oxygen atoms in total. The van der Waals surface area contributed by atoms with E-state index in [1.807, 2.05) is 49.4 Å². The van der Waals surface area contributed by atoms with E-state index in [0.717, 1.165) is 30.0 Å². The number of anilines is 3. The Morgan fingerprint density at radius 2 is 1.80 bits per heavy atom. The Morgan fingerprint density at radius 3 is 2.50 bits per heavy atom. The number of ether oxygens (including phenoxy) is 1. The summed E-state index contributed by atoms with van der Waals surface area (Å²) in [5.74, 6) is 0.418. The zero-order valence-corrected chi connectivity index (χ0v) is 17.9. The topological polar surface area (TPSA) is 61.9 Å². The summed E-state index contributed by atoms with van der Waals surface area (Å²) >= 11 is 0. The van der Waals surface area contributed by atoms with Gasteiger partial charge in [-0.25, -0.2) is 0 Å². The second kappa shape index (κ2) is 8.01. The molecule has 0 atom stereocenters. The van der Waals surface area contributed by atoms with Crippen molar-refractivity contribution in [1.29, 1.82) is 0 Å². The SMILES string of the molecule is Cc1ccc2c(c1)N(CCC(=O)Nc1ccc(N3CCCC3)cc1)C(=O)C(C)(C)O2. The molecular weight excluding hydrogens is 378 g/mol. The van der Waals surface area contributed by atoms with E-state index in [1.165, 1.54) is 18.5 Å². The minimum atomic E-state index is -0.954. The second-order valence-electron chi connectivity index (χ2n) is 8.58. The lowest BCUT2D eigenvalue weighted by Crippen LogP contribution is -2.53. The summed E-state index contributed by atoms with van der Waals surface area (Å²) in [5, 5.41) is 2.94. The van der Waals surface area contributed by atoms with Crippen LogP contribution in [0, 0.1) is 6.92 Å². The molecule has 4 rings (SSSR count). The second-order valence-corrected chi connectivity index (χ2v) is 8.58. The lowest BCUT2D eigenvalue weighted by atomic mass is 10.0. The normalized spacial score (nSPS) is 17.5. The molecule has 2 aromatic rings. The summed E-state index contributed by atoms with van der Waals surface area (Å²) in [5.41, 5.74) is 2.77. The Labute approximate surface area is 177 Å². The molecule has 0 aliphatic carbocycles. The smallest absolute Gasteiger partial charge is 0.270 e. The van der Waals surface area contributed by atoms with Gasteiger partial charge in [0.05, 0.1) is 5.69 Å². The van der Waals surface area contributed by atoms with Gasteiger partial charge in [0.25, 0.3) is 5.91 Å². The van der Waals surface area contributed by atoms with Crippen molar-refractivity contribution in [2.24, 2.45) is 0 Å². The molecule has 0 unspecified atom stereocenters. The highest BCUT2D eigenvalue weighted by molar-refractivity contribution is 6.03. The molecule has 2 aliphatic heterocycles. The number of rotatable bonds is 5. The molecule has 1 saturated heterocycles. The molecule has 6 heteroatoms. The van der Waals surface area contributed by atoms with Crippen molar-refractivity contribution >= 4 is 28.9 Å². The first-order valence-electron chi connectivity index (χ1n) is 10.6. The van der Waals surface area contributed by atoms with Crippen LogP contribution in [0.5, 0.6) is 5.75 Å². The molecule has 2 aliphatic rings. The van der Waals surface area contributed by atoms with Gasteiger partial charge in [0, 0.05) is 37.4 Å². The molecule has 2 amide bonds. The average molecular weight is 408 g/mol. The number of hydrogen-bond acceptors (Lipinski definition) is 4. The summed E-state index contributed by atoms with van der Waals surface area (Å²) < 4.78 is 5.88. The van der Waals surface area contributed by atoms with E-state index >= 15 is 0 Å². The molecule has 1 N–H and O–H groups in total. The van der Waals surface area contributed by atoms with E-state index in [9.17, 15) is 9.59 Å². The molecule has 2 aromatic carbocycles. The third-order valence-electron chi connectivity index (χ3n) is 5.72. The summed E-state index contributed by atoms with van der Waals surface area (Å²) in [6.45, 7) is 7.98. The van der Waals surface area contributed by atoms with Gasteiger partial charge in [-0.2, -0.15) is 0 Å². The highest BCUT2D eigenvalue weighted by Crippen LogP contribution is 2.38. The Balaban J connectivity index is 1.40. The van der Waals surface area contributed by atoms with Gasteiger partial charge in [-0.15, -0.1) is 0 Å². The van der Waals surface area contributed by atoms with E-state index in [0.29, 0.717) is 12.3 Å². The van der Waals surface area contributed by atoms with Crippen molar-refractivity contribution in [1.82, 2.24) is 0 Å². The quantitative estimate of drug-likeness (QED) is 0.810. The van der Waals surface area contributed by atoms with Gasteiger partial charge in [0.1, 0.15) is 5.75 Å². The van der Waals surface area contributed by atoms with E-state index in [1.54, 1.807) is 18.7 Å². The molecule has 1 fully saturated rings. The van der Waals surface area contributed by atoms with Crippen LogP contribution >= 0.6 is 0 Å². The van der Waals surface area contributed by atoms with Crippen LogP contribution in [0.4, 0.5) is 17.1 Å². The maximum absolute atomic E-state index is 12.9. The first kappa shape index (κ1) is 20.3. The fourth-order valence-electron chi connectivity index (χ4n) is 4.07. The van der Waals surface area contributed by atoms with Crippen LogP contribution in [0.25, 0.3) is 0 Å². The van der Waals surface area contributed by atoms with E-state index in [2.05, 4.69) is 10.2 Å². The molecule has 0 radical (unpaired) electrons. The zero-order valence-electron chi connectivity index (χ0n) is 17.9. The van der Waals surface area contributed by atoms with Crippen molar-refractivity contribution in [3.8, 4) is 5.75 Å². The highest BCUT2D eigenvalue weighted by Gasteiger charge is 2.40. The number of hydrogen-bond donors (Lipinski definition) is 1. The van der Waals surface area contributed by atoms with Crippen LogP contribution in [0.1, 0.15) is 38.7 Å². The average Bonchev–Trinajstić information content (AvgIpc) is 3.24. The van der Waals surface area contributed by atoms with Crippen LogP contribution in [0.3, 0.4) is 0 Å². The molecule has 2 heterocycles. The first-order valence-corrected chi connectivity index (χ1v) is 10.6. The van der Waals surface area contributed by atoms with Gasteiger partial charge in [-0.05, 0) is 75.6 Å². The Hall–Kier alpha value is -3.02. The number of benzene rings is 2. The van der Waals surface area contributed by atoms with Gasteiger partial charge >= 0.3 is 0 Å². The lowest BCUT2D eigenvalue weighted by molar-refractivity contribution is -0.132. The Morgan fingerprint density at radius 1 is 1.10 bits per heavy atom. The molecule has 0 spiro atoms. The lowest BCUT2D eigenvalue weighted by Gasteiger charge is -2.38.